The van der Waals surface area contributed by atoms with E-state index < -0.39 is 28.2 Å². The molecule has 0 aromatic carbocycles. The Hall–Kier alpha value is -1.61. The highest BCUT2D eigenvalue weighted by molar-refractivity contribution is 7.17. The number of amides is 1. The van der Waals surface area contributed by atoms with Gasteiger partial charge in [-0.1, -0.05) is 11.3 Å². The molecule has 0 aliphatic rings. The summed E-state index contributed by atoms with van der Waals surface area (Å²) in [6.45, 7) is 1.70. The number of fused-ring (bicyclic) bond motifs is 1. The molecule has 0 spiro atoms. The maximum atomic E-state index is 13.1. The van der Waals surface area contributed by atoms with Crippen LogP contribution in [0.25, 0.3) is 4.96 Å². The van der Waals surface area contributed by atoms with Crippen LogP contribution < -0.4 is 10.9 Å². The fourth-order valence-corrected chi connectivity index (χ4v) is 2.88. The Morgan fingerprint density at radius 1 is 1.52 bits per heavy atom. The molecular weight excluding hydrogens is 331 g/mol. The van der Waals surface area contributed by atoms with Gasteiger partial charge in [0.25, 0.3) is 11.5 Å². The van der Waals surface area contributed by atoms with E-state index in [4.69, 9.17) is 11.6 Å². The third kappa shape index (κ3) is 2.88. The summed E-state index contributed by atoms with van der Waals surface area (Å²) in [5, 5.41) is 2.26. The Labute approximate surface area is 125 Å². The first kappa shape index (κ1) is 15.8. The lowest BCUT2D eigenvalue weighted by Crippen LogP contribution is -2.29. The molecule has 2 heterocycles. The topological polar surface area (TPSA) is 63.5 Å². The fraction of sp³-hybridized carbons (Fsp3) is 0.364. The van der Waals surface area contributed by atoms with Gasteiger partial charge in [0, 0.05) is 12.6 Å². The predicted octanol–water partition coefficient (Wildman–Crippen LogP) is 2.26. The van der Waals surface area contributed by atoms with E-state index in [0.717, 1.165) is 6.07 Å². The number of hydrogen-bond donors (Lipinski definition) is 1. The van der Waals surface area contributed by atoms with Gasteiger partial charge in [-0.2, -0.15) is 13.2 Å². The normalized spacial score (nSPS) is 11.9. The lowest BCUT2D eigenvalue weighted by Gasteiger charge is -2.07. The van der Waals surface area contributed by atoms with Crippen LogP contribution in [0.5, 0.6) is 0 Å². The van der Waals surface area contributed by atoms with Crippen molar-refractivity contribution < 1.29 is 18.0 Å². The number of halogens is 4. The van der Waals surface area contributed by atoms with Gasteiger partial charge in [0.15, 0.2) is 4.96 Å². The average molecular weight is 340 g/mol. The zero-order chi connectivity index (χ0) is 15.8. The molecule has 0 bridgehead atoms. The first-order valence-electron chi connectivity index (χ1n) is 5.76. The maximum Gasteiger partial charge on any atom is 0.427 e. The van der Waals surface area contributed by atoms with Gasteiger partial charge in [-0.05, 0) is 6.92 Å². The van der Waals surface area contributed by atoms with E-state index in [2.05, 4.69) is 10.3 Å². The molecule has 0 aliphatic heterocycles. The summed E-state index contributed by atoms with van der Waals surface area (Å²) in [4.78, 5) is 26.3. The maximum absolute atomic E-state index is 13.1. The van der Waals surface area contributed by atoms with Gasteiger partial charge in [-0.3, -0.25) is 9.59 Å². The van der Waals surface area contributed by atoms with Crippen molar-refractivity contribution in [2.24, 2.45) is 0 Å². The van der Waals surface area contributed by atoms with Gasteiger partial charge in [0.1, 0.15) is 10.6 Å². The van der Waals surface area contributed by atoms with Crippen molar-refractivity contribution >= 4 is 33.8 Å². The molecule has 2 aromatic rings. The summed E-state index contributed by atoms with van der Waals surface area (Å²) < 4.78 is 39.8. The second kappa shape index (κ2) is 5.64. The molecule has 10 heteroatoms. The van der Waals surface area contributed by atoms with Crippen molar-refractivity contribution in [2.45, 2.75) is 19.0 Å². The summed E-state index contributed by atoms with van der Waals surface area (Å²) >= 11 is 5.78. The van der Waals surface area contributed by atoms with Gasteiger partial charge < -0.3 is 5.32 Å². The summed E-state index contributed by atoms with van der Waals surface area (Å²) in [6, 6.07) is 1.01. The third-order valence-electron chi connectivity index (χ3n) is 2.52. The molecule has 0 unspecified atom stereocenters. The molecular formula is C11H9ClF3N3O2S. The summed E-state index contributed by atoms with van der Waals surface area (Å²) in [5.74, 6) is -1.08. The first-order valence-corrected chi connectivity index (χ1v) is 7.11. The van der Waals surface area contributed by atoms with E-state index in [1.54, 1.807) is 6.92 Å². The number of nitrogens with one attached hydrogen (secondary N) is 1. The molecule has 0 radical (unpaired) electrons. The number of aromatic nitrogens is 2. The minimum atomic E-state index is -4.76. The van der Waals surface area contributed by atoms with Gasteiger partial charge in [-0.25, -0.2) is 9.38 Å². The summed E-state index contributed by atoms with van der Waals surface area (Å²) in [7, 11) is 0. The van der Waals surface area contributed by atoms with Gasteiger partial charge in [-0.15, -0.1) is 11.6 Å². The number of carbonyl (C=O) groups excluding carboxylic acids is 1. The Morgan fingerprint density at radius 2 is 2.19 bits per heavy atom. The highest BCUT2D eigenvalue weighted by atomic mass is 35.5. The van der Waals surface area contributed by atoms with Crippen LogP contribution in [-0.2, 0) is 12.1 Å². The quantitative estimate of drug-likeness (QED) is 0.872. The summed E-state index contributed by atoms with van der Waals surface area (Å²) in [6.07, 6.45) is -4.76. The van der Waals surface area contributed by atoms with Crippen LogP contribution in [0.15, 0.2) is 10.9 Å². The standard InChI is InChI=1S/C11H9ClF3N3O2S/c1-2-16-9(20)7-8(11(13,14)15)21-10-17-5(4-12)3-6(19)18(7)10/h3H,2,4H2,1H3,(H,16,20). The lowest BCUT2D eigenvalue weighted by atomic mass is 10.3. The van der Waals surface area contributed by atoms with E-state index in [1.807, 2.05) is 0 Å². The van der Waals surface area contributed by atoms with E-state index in [1.165, 1.54) is 0 Å². The second-order valence-electron chi connectivity index (χ2n) is 3.97. The number of hydrogen-bond acceptors (Lipinski definition) is 4. The lowest BCUT2D eigenvalue weighted by molar-refractivity contribution is -0.134. The van der Waals surface area contributed by atoms with Crippen LogP contribution in [0, 0.1) is 0 Å². The van der Waals surface area contributed by atoms with Gasteiger partial charge in [0.2, 0.25) is 0 Å². The van der Waals surface area contributed by atoms with E-state index in [-0.39, 0.29) is 34.4 Å². The van der Waals surface area contributed by atoms with Crippen molar-refractivity contribution in [1.82, 2.24) is 14.7 Å². The highest BCUT2D eigenvalue weighted by Gasteiger charge is 2.40. The molecule has 0 fully saturated rings. The SMILES string of the molecule is CCNC(=O)c1c(C(F)(F)F)sc2nc(CCl)cc(=O)n12. The number of carbonyl (C=O) groups is 1. The Kier molecular flexibility index (Phi) is 4.24. The zero-order valence-corrected chi connectivity index (χ0v) is 12.2. The predicted molar refractivity (Wildman–Crippen MR) is 71.9 cm³/mol. The molecule has 1 N–H and O–H groups in total. The van der Waals surface area contributed by atoms with Crippen molar-refractivity contribution in [3.05, 3.63) is 32.7 Å². The smallest absolute Gasteiger partial charge is 0.351 e. The highest BCUT2D eigenvalue weighted by Crippen LogP contribution is 2.37. The molecule has 2 aromatic heterocycles. The molecule has 21 heavy (non-hydrogen) atoms. The van der Waals surface area contributed by atoms with Gasteiger partial charge >= 0.3 is 6.18 Å². The van der Waals surface area contributed by atoms with Crippen molar-refractivity contribution in [1.29, 1.82) is 0 Å². The Bertz CT molecular complexity index is 753. The minimum Gasteiger partial charge on any atom is -0.351 e. The first-order chi connectivity index (χ1) is 9.79. The molecule has 1 amide bonds. The van der Waals surface area contributed by atoms with Crippen LogP contribution in [0.3, 0.4) is 0 Å². The van der Waals surface area contributed by atoms with Crippen LogP contribution in [-0.4, -0.2) is 21.8 Å². The molecule has 114 valence electrons. The van der Waals surface area contributed by atoms with E-state index in [9.17, 15) is 22.8 Å². The second-order valence-corrected chi connectivity index (χ2v) is 5.22. The Balaban J connectivity index is 2.84. The molecule has 0 atom stereocenters. The van der Waals surface area contributed by atoms with E-state index in [0.29, 0.717) is 4.40 Å². The zero-order valence-electron chi connectivity index (χ0n) is 10.6. The molecule has 0 aliphatic carbocycles. The van der Waals surface area contributed by atoms with Crippen LogP contribution in [0.2, 0.25) is 0 Å². The number of thiazole rings is 1. The van der Waals surface area contributed by atoms with Crippen LogP contribution in [0.1, 0.15) is 28.0 Å². The van der Waals surface area contributed by atoms with E-state index >= 15 is 0 Å². The molecule has 0 saturated heterocycles. The number of alkyl halides is 4. The van der Waals surface area contributed by atoms with Crippen molar-refractivity contribution in [2.75, 3.05) is 6.54 Å². The minimum absolute atomic E-state index is 0.110. The van der Waals surface area contributed by atoms with Gasteiger partial charge in [0.05, 0.1) is 11.6 Å². The van der Waals surface area contributed by atoms with Crippen molar-refractivity contribution in [3.63, 3.8) is 0 Å². The average Bonchev–Trinajstić information content (AvgIpc) is 2.78. The monoisotopic (exact) mass is 339 g/mol. The third-order valence-corrected chi connectivity index (χ3v) is 3.88. The largest absolute Gasteiger partial charge is 0.427 e. The molecule has 2 rings (SSSR count). The van der Waals surface area contributed by atoms with Crippen molar-refractivity contribution in [3.8, 4) is 0 Å². The van der Waals surface area contributed by atoms with Crippen LogP contribution in [0.4, 0.5) is 13.2 Å². The van der Waals surface area contributed by atoms with Crippen LogP contribution >= 0.6 is 22.9 Å². The molecule has 0 saturated carbocycles. The Morgan fingerprint density at radius 3 is 2.71 bits per heavy atom. The fourth-order valence-electron chi connectivity index (χ4n) is 1.73. The number of nitrogens with zero attached hydrogens (tertiary/aromatic N) is 2. The molecule has 5 nitrogen and oxygen atoms in total. The summed E-state index contributed by atoms with van der Waals surface area (Å²) in [5.41, 5.74) is -1.37. The number of rotatable bonds is 3.